The van der Waals surface area contributed by atoms with Crippen molar-refractivity contribution in [3.05, 3.63) is 39.5 Å². The predicted molar refractivity (Wildman–Crippen MR) is 63.0 cm³/mol. The number of hydrogen-bond donors (Lipinski definition) is 0. The van der Waals surface area contributed by atoms with E-state index in [0.717, 1.165) is 19.1 Å². The van der Waals surface area contributed by atoms with E-state index in [4.69, 9.17) is 0 Å². The quantitative estimate of drug-likeness (QED) is 0.726. The molecule has 0 aromatic carbocycles. The van der Waals surface area contributed by atoms with E-state index in [1.165, 1.54) is 6.92 Å². The van der Waals surface area contributed by atoms with E-state index in [9.17, 15) is 26.3 Å². The van der Waals surface area contributed by atoms with Gasteiger partial charge in [-0.2, -0.15) is 26.3 Å². The minimum atomic E-state index is -4.73. The summed E-state index contributed by atoms with van der Waals surface area (Å²) in [6.45, 7) is 5.93. The normalized spacial score (nSPS) is 14.8. The molecule has 20 heavy (non-hydrogen) atoms. The van der Waals surface area contributed by atoms with E-state index < -0.39 is 29.0 Å². The van der Waals surface area contributed by atoms with Crippen molar-refractivity contribution in [1.29, 1.82) is 0 Å². The molecule has 0 saturated heterocycles. The summed E-state index contributed by atoms with van der Waals surface area (Å²) in [4.78, 5) is 3.22. The summed E-state index contributed by atoms with van der Waals surface area (Å²) >= 11 is 0. The van der Waals surface area contributed by atoms with Crippen LogP contribution in [-0.2, 0) is 6.18 Å². The van der Waals surface area contributed by atoms with Crippen LogP contribution in [0.1, 0.15) is 18.2 Å². The van der Waals surface area contributed by atoms with Gasteiger partial charge in [0.25, 0.3) is 0 Å². The van der Waals surface area contributed by atoms with Crippen molar-refractivity contribution in [1.82, 2.24) is 4.98 Å². The van der Waals surface area contributed by atoms with Crippen LogP contribution in [0.4, 0.5) is 26.3 Å². The molecule has 0 saturated carbocycles. The van der Waals surface area contributed by atoms with Crippen molar-refractivity contribution in [3.8, 4) is 0 Å². The van der Waals surface area contributed by atoms with Gasteiger partial charge in [0.2, 0.25) is 0 Å². The highest BCUT2D eigenvalue weighted by atomic mass is 19.4. The fourth-order valence-electron chi connectivity index (χ4n) is 1.46. The molecule has 0 N–H and O–H groups in total. The molecular formula is C13H11F6N. The van der Waals surface area contributed by atoms with Crippen molar-refractivity contribution < 1.29 is 26.3 Å². The van der Waals surface area contributed by atoms with Crippen molar-refractivity contribution in [2.24, 2.45) is 0 Å². The average Bonchev–Trinajstić information content (AvgIpc) is 2.27. The molecule has 1 aromatic heterocycles. The first-order valence-electron chi connectivity index (χ1n) is 5.46. The van der Waals surface area contributed by atoms with Crippen LogP contribution in [0.2, 0.25) is 0 Å². The summed E-state index contributed by atoms with van der Waals surface area (Å²) in [5.41, 5.74) is -2.20. The lowest BCUT2D eigenvalue weighted by Gasteiger charge is -2.09. The van der Waals surface area contributed by atoms with E-state index in [2.05, 4.69) is 11.6 Å². The van der Waals surface area contributed by atoms with E-state index in [0.29, 0.717) is 6.08 Å². The molecule has 110 valence electrons. The first-order chi connectivity index (χ1) is 8.96. The maximum atomic E-state index is 12.6. The summed E-state index contributed by atoms with van der Waals surface area (Å²) in [5, 5.41) is -0.413. The van der Waals surface area contributed by atoms with Gasteiger partial charge in [-0.25, -0.2) is 4.98 Å². The predicted octanol–water partition coefficient (Wildman–Crippen LogP) is 3.11. The third-order valence-electron chi connectivity index (χ3n) is 2.60. The van der Waals surface area contributed by atoms with Gasteiger partial charge >= 0.3 is 12.4 Å². The molecule has 0 fully saturated rings. The van der Waals surface area contributed by atoms with Gasteiger partial charge in [0.05, 0.1) is 10.9 Å². The third kappa shape index (κ3) is 3.61. The number of rotatable bonds is 1. The average molecular weight is 295 g/mol. The Labute approximate surface area is 110 Å². The second kappa shape index (κ2) is 5.30. The first kappa shape index (κ1) is 16.3. The summed E-state index contributed by atoms with van der Waals surface area (Å²) in [6.07, 6.45) is -8.07. The molecular weight excluding hydrogens is 284 g/mol. The standard InChI is InChI=1S/C13H11F6N/c1-4-9(12(14,15)16)6-10-8(3)7(2)5-11(20-10)13(17,18)19/h4-6H,3H2,1-2H3/b9-4+,10-6+. The molecule has 0 amide bonds. The minimum absolute atomic E-state index is 0.0293. The van der Waals surface area contributed by atoms with Crippen LogP contribution < -0.4 is 10.6 Å². The van der Waals surface area contributed by atoms with Gasteiger partial charge in [-0.3, -0.25) is 0 Å². The van der Waals surface area contributed by atoms with Crippen molar-refractivity contribution in [2.75, 3.05) is 0 Å². The largest absolute Gasteiger partial charge is 0.433 e. The third-order valence-corrected chi connectivity index (χ3v) is 2.60. The molecule has 1 heterocycles. The first-order valence-corrected chi connectivity index (χ1v) is 5.46. The summed E-state index contributed by atoms with van der Waals surface area (Å²) in [7, 11) is 0. The molecule has 0 atom stereocenters. The zero-order chi connectivity index (χ0) is 15.7. The number of allylic oxidation sites excluding steroid dienone is 2. The summed E-state index contributed by atoms with van der Waals surface area (Å²) < 4.78 is 75.6. The number of hydrogen-bond acceptors (Lipinski definition) is 1. The zero-order valence-electron chi connectivity index (χ0n) is 10.7. The number of halogens is 6. The number of pyridine rings is 1. The monoisotopic (exact) mass is 295 g/mol. The van der Waals surface area contributed by atoms with Crippen LogP contribution >= 0.6 is 0 Å². The van der Waals surface area contributed by atoms with E-state index in [1.54, 1.807) is 0 Å². The van der Waals surface area contributed by atoms with Gasteiger partial charge in [0, 0.05) is 0 Å². The molecule has 0 radical (unpaired) electrons. The Morgan fingerprint density at radius 1 is 1.20 bits per heavy atom. The smallest absolute Gasteiger partial charge is 0.243 e. The van der Waals surface area contributed by atoms with Gasteiger partial charge in [0.1, 0.15) is 5.69 Å². The van der Waals surface area contributed by atoms with E-state index in [-0.39, 0.29) is 10.8 Å². The molecule has 0 unspecified atom stereocenters. The zero-order valence-corrected chi connectivity index (χ0v) is 10.7. The number of nitrogens with zero attached hydrogens (tertiary/aromatic N) is 1. The summed E-state index contributed by atoms with van der Waals surface area (Å²) in [6, 6.07) is 0.753. The molecule has 1 rings (SSSR count). The molecule has 0 aliphatic carbocycles. The Bertz CT molecular complexity index is 637. The van der Waals surface area contributed by atoms with Crippen LogP contribution in [0.15, 0.2) is 17.7 Å². The Balaban J connectivity index is 3.61. The lowest BCUT2D eigenvalue weighted by Crippen LogP contribution is -2.33. The van der Waals surface area contributed by atoms with Crippen LogP contribution in [0.5, 0.6) is 0 Å². The van der Waals surface area contributed by atoms with E-state index in [1.807, 2.05) is 0 Å². The maximum absolute atomic E-state index is 12.6. The van der Waals surface area contributed by atoms with E-state index >= 15 is 0 Å². The van der Waals surface area contributed by atoms with Crippen molar-refractivity contribution >= 4 is 12.7 Å². The van der Waals surface area contributed by atoms with Crippen LogP contribution in [-0.4, -0.2) is 11.2 Å². The highest BCUT2D eigenvalue weighted by Crippen LogP contribution is 2.27. The fraction of sp³-hybridized carbons (Fsp3) is 0.308. The Hall–Kier alpha value is -1.79. The van der Waals surface area contributed by atoms with Gasteiger partial charge in [-0.1, -0.05) is 12.7 Å². The van der Waals surface area contributed by atoms with Gasteiger partial charge < -0.3 is 0 Å². The second-order valence-electron chi connectivity index (χ2n) is 4.07. The second-order valence-corrected chi connectivity index (χ2v) is 4.07. The molecule has 0 bridgehead atoms. The maximum Gasteiger partial charge on any atom is 0.433 e. The molecule has 1 nitrogen and oxygen atoms in total. The van der Waals surface area contributed by atoms with Gasteiger partial charge in [0.15, 0.2) is 0 Å². The highest BCUT2D eigenvalue weighted by Gasteiger charge is 2.34. The van der Waals surface area contributed by atoms with Crippen LogP contribution in [0, 0.1) is 6.92 Å². The van der Waals surface area contributed by atoms with Crippen molar-refractivity contribution in [3.63, 3.8) is 0 Å². The lowest BCUT2D eigenvalue weighted by molar-refractivity contribution is -0.141. The van der Waals surface area contributed by atoms with Crippen LogP contribution in [0.3, 0.4) is 0 Å². The van der Waals surface area contributed by atoms with Crippen LogP contribution in [0.25, 0.3) is 12.7 Å². The molecule has 0 spiro atoms. The Kier molecular flexibility index (Phi) is 4.31. The fourth-order valence-corrected chi connectivity index (χ4v) is 1.46. The lowest BCUT2D eigenvalue weighted by atomic mass is 10.1. The SMILES string of the molecule is C=c1c(C)cc(C(F)(F)F)n/c1=C/C(=C\C)C(F)(F)F. The molecule has 1 aromatic rings. The Morgan fingerprint density at radius 2 is 1.75 bits per heavy atom. The molecule has 0 aliphatic rings. The minimum Gasteiger partial charge on any atom is -0.243 e. The van der Waals surface area contributed by atoms with Gasteiger partial charge in [-0.15, -0.1) is 0 Å². The van der Waals surface area contributed by atoms with Crippen molar-refractivity contribution in [2.45, 2.75) is 26.2 Å². The number of alkyl halides is 6. The summed E-state index contributed by atoms with van der Waals surface area (Å²) in [5.74, 6) is 0. The van der Waals surface area contributed by atoms with Gasteiger partial charge in [-0.05, 0) is 36.8 Å². The molecule has 7 heteroatoms. The number of aryl methyl sites for hydroxylation is 1. The topological polar surface area (TPSA) is 12.9 Å². The Morgan fingerprint density at radius 3 is 2.15 bits per heavy atom. The molecule has 0 aliphatic heterocycles. The highest BCUT2D eigenvalue weighted by molar-refractivity contribution is 5.48. The number of aromatic nitrogens is 1.